The molecule has 1 aromatic heterocycles. The average Bonchev–Trinajstić information content (AvgIpc) is 2.84. The van der Waals surface area contributed by atoms with Gasteiger partial charge in [-0.05, 0) is 12.1 Å². The van der Waals surface area contributed by atoms with Gasteiger partial charge in [0.05, 0.1) is 29.9 Å². The largest absolute Gasteiger partial charge is 0.394 e. The van der Waals surface area contributed by atoms with Crippen LogP contribution in [0.25, 0.3) is 0 Å². The van der Waals surface area contributed by atoms with E-state index in [4.69, 9.17) is 5.11 Å². The van der Waals surface area contributed by atoms with Gasteiger partial charge in [0.15, 0.2) is 9.84 Å². The van der Waals surface area contributed by atoms with Crippen LogP contribution >= 0.6 is 0 Å². The molecular weight excluding hydrogens is 278 g/mol. The number of rotatable bonds is 6. The number of sulfone groups is 1. The molecule has 0 aliphatic carbocycles. The summed E-state index contributed by atoms with van der Waals surface area (Å²) in [7, 11) is -3.26. The van der Waals surface area contributed by atoms with Gasteiger partial charge in [0, 0.05) is 24.6 Å². The maximum Gasteiger partial charge on any atom is 0.177 e. The summed E-state index contributed by atoms with van der Waals surface area (Å²) in [6.45, 7) is 0.948. The van der Waals surface area contributed by atoms with Crippen LogP contribution in [0.3, 0.4) is 0 Å². The molecule has 2 N–H and O–H groups in total. The Hall–Kier alpha value is -1.86. The number of hydrogen-bond acceptors (Lipinski definition) is 5. The van der Waals surface area contributed by atoms with Crippen molar-refractivity contribution in [2.75, 3.05) is 18.2 Å². The van der Waals surface area contributed by atoms with Crippen LogP contribution in [0.15, 0.2) is 41.6 Å². The first-order valence-corrected chi connectivity index (χ1v) is 8.05. The standard InChI is InChI=1S/C13H17N3O3S/c1-20(18,19)13-5-3-2-4-12(13)14-8-11-9-15-16(10-11)6-7-17/h2-5,9-10,14,17H,6-8H2,1H3. The molecule has 0 atom stereocenters. The van der Waals surface area contributed by atoms with Gasteiger partial charge in [0.25, 0.3) is 0 Å². The molecule has 108 valence electrons. The van der Waals surface area contributed by atoms with Crippen molar-refractivity contribution in [2.24, 2.45) is 0 Å². The van der Waals surface area contributed by atoms with E-state index in [2.05, 4.69) is 10.4 Å². The lowest BCUT2D eigenvalue weighted by atomic mass is 10.3. The highest BCUT2D eigenvalue weighted by Gasteiger charge is 2.12. The van der Waals surface area contributed by atoms with Gasteiger partial charge in [-0.25, -0.2) is 8.42 Å². The zero-order valence-corrected chi connectivity index (χ0v) is 12.0. The fourth-order valence-electron chi connectivity index (χ4n) is 1.86. The fourth-order valence-corrected chi connectivity index (χ4v) is 2.72. The number of aromatic nitrogens is 2. The Bertz CT molecular complexity index is 680. The second-order valence-corrected chi connectivity index (χ2v) is 6.44. The van der Waals surface area contributed by atoms with E-state index in [1.165, 1.54) is 6.26 Å². The minimum absolute atomic E-state index is 0.0332. The quantitative estimate of drug-likeness (QED) is 0.827. The van der Waals surface area contributed by atoms with Crippen molar-refractivity contribution in [2.45, 2.75) is 18.0 Å². The molecule has 0 spiro atoms. The highest BCUT2D eigenvalue weighted by atomic mass is 32.2. The maximum absolute atomic E-state index is 11.7. The summed E-state index contributed by atoms with van der Waals surface area (Å²) in [6, 6.07) is 6.79. The molecule has 0 amide bonds. The maximum atomic E-state index is 11.7. The molecule has 0 fully saturated rings. The highest BCUT2D eigenvalue weighted by Crippen LogP contribution is 2.21. The summed E-state index contributed by atoms with van der Waals surface area (Å²) in [4.78, 5) is 0.280. The van der Waals surface area contributed by atoms with Crippen LogP contribution in [0.4, 0.5) is 5.69 Å². The summed E-state index contributed by atoms with van der Waals surface area (Å²) in [5.74, 6) is 0. The molecule has 1 aromatic carbocycles. The molecule has 7 heteroatoms. The van der Waals surface area contributed by atoms with Crippen molar-refractivity contribution in [1.82, 2.24) is 9.78 Å². The van der Waals surface area contributed by atoms with Crippen LogP contribution in [0.2, 0.25) is 0 Å². The van der Waals surface area contributed by atoms with Crippen molar-refractivity contribution < 1.29 is 13.5 Å². The number of aliphatic hydroxyl groups excluding tert-OH is 1. The number of nitrogens with zero attached hydrogens (tertiary/aromatic N) is 2. The normalized spacial score (nSPS) is 11.5. The molecule has 0 saturated heterocycles. The number of hydrogen-bond donors (Lipinski definition) is 2. The van der Waals surface area contributed by atoms with E-state index in [9.17, 15) is 8.42 Å². The average molecular weight is 295 g/mol. The second-order valence-electron chi connectivity index (χ2n) is 4.46. The van der Waals surface area contributed by atoms with Gasteiger partial charge in [-0.1, -0.05) is 12.1 Å². The van der Waals surface area contributed by atoms with Gasteiger partial charge in [0.1, 0.15) is 0 Å². The lowest BCUT2D eigenvalue weighted by Gasteiger charge is -2.09. The van der Waals surface area contributed by atoms with Gasteiger partial charge in [-0.2, -0.15) is 5.10 Å². The Morgan fingerprint density at radius 2 is 2.10 bits per heavy atom. The Balaban J connectivity index is 2.11. The lowest BCUT2D eigenvalue weighted by Crippen LogP contribution is -2.06. The smallest absolute Gasteiger partial charge is 0.177 e. The molecule has 0 aliphatic rings. The van der Waals surface area contributed by atoms with Crippen LogP contribution in [0.1, 0.15) is 5.56 Å². The Kier molecular flexibility index (Phi) is 4.41. The minimum Gasteiger partial charge on any atom is -0.394 e. The van der Waals surface area contributed by atoms with Crippen molar-refractivity contribution in [3.05, 3.63) is 42.2 Å². The molecule has 0 aliphatic heterocycles. The van der Waals surface area contributed by atoms with Gasteiger partial charge in [-0.3, -0.25) is 4.68 Å². The van der Waals surface area contributed by atoms with Crippen molar-refractivity contribution in [3.63, 3.8) is 0 Å². The van der Waals surface area contributed by atoms with Gasteiger partial charge < -0.3 is 10.4 Å². The second kappa shape index (κ2) is 6.06. The molecule has 0 radical (unpaired) electrons. The van der Waals surface area contributed by atoms with E-state index < -0.39 is 9.84 Å². The predicted molar refractivity (Wildman–Crippen MR) is 76.2 cm³/mol. The number of anilines is 1. The molecule has 0 bridgehead atoms. The lowest BCUT2D eigenvalue weighted by molar-refractivity contribution is 0.269. The SMILES string of the molecule is CS(=O)(=O)c1ccccc1NCc1cnn(CCO)c1. The zero-order valence-electron chi connectivity index (χ0n) is 11.2. The predicted octanol–water partition coefficient (Wildman–Crippen LogP) is 0.891. The van der Waals surface area contributed by atoms with Crippen molar-refractivity contribution in [1.29, 1.82) is 0 Å². The number of nitrogens with one attached hydrogen (secondary N) is 1. The van der Waals surface area contributed by atoms with E-state index in [0.717, 1.165) is 5.56 Å². The summed E-state index contributed by atoms with van der Waals surface area (Å²) in [5, 5.41) is 16.0. The van der Waals surface area contributed by atoms with Gasteiger partial charge >= 0.3 is 0 Å². The van der Waals surface area contributed by atoms with Gasteiger partial charge in [0.2, 0.25) is 0 Å². The number of aliphatic hydroxyl groups is 1. The fraction of sp³-hybridized carbons (Fsp3) is 0.308. The van der Waals surface area contributed by atoms with Crippen molar-refractivity contribution >= 4 is 15.5 Å². The first-order chi connectivity index (χ1) is 9.50. The summed E-state index contributed by atoms with van der Waals surface area (Å²) < 4.78 is 25.0. The third-order valence-electron chi connectivity index (χ3n) is 2.79. The third-order valence-corrected chi connectivity index (χ3v) is 3.94. The van der Waals surface area contributed by atoms with E-state index >= 15 is 0 Å². The van der Waals surface area contributed by atoms with E-state index in [1.54, 1.807) is 35.1 Å². The first kappa shape index (κ1) is 14.5. The van der Waals surface area contributed by atoms with E-state index in [-0.39, 0.29) is 11.5 Å². The van der Waals surface area contributed by atoms with E-state index in [1.807, 2.05) is 6.20 Å². The molecule has 1 heterocycles. The van der Waals surface area contributed by atoms with Crippen LogP contribution in [0.5, 0.6) is 0 Å². The molecule has 20 heavy (non-hydrogen) atoms. The zero-order chi connectivity index (χ0) is 14.6. The summed E-state index contributed by atoms with van der Waals surface area (Å²) in [5.41, 5.74) is 1.49. The molecule has 2 rings (SSSR count). The Labute approximate surface area is 118 Å². The number of benzene rings is 1. The topological polar surface area (TPSA) is 84.2 Å². The molecular formula is C13H17N3O3S. The van der Waals surface area contributed by atoms with Crippen molar-refractivity contribution in [3.8, 4) is 0 Å². The Morgan fingerprint density at radius 1 is 1.35 bits per heavy atom. The van der Waals surface area contributed by atoms with Crippen LogP contribution in [-0.4, -0.2) is 36.2 Å². The molecule has 6 nitrogen and oxygen atoms in total. The molecule has 2 aromatic rings. The first-order valence-electron chi connectivity index (χ1n) is 6.16. The van der Waals surface area contributed by atoms with Crippen LogP contribution in [-0.2, 0) is 22.9 Å². The monoisotopic (exact) mass is 295 g/mol. The minimum atomic E-state index is -3.26. The number of para-hydroxylation sites is 1. The van der Waals surface area contributed by atoms with Crippen LogP contribution in [0, 0.1) is 0 Å². The van der Waals surface area contributed by atoms with Gasteiger partial charge in [-0.15, -0.1) is 0 Å². The van der Waals surface area contributed by atoms with E-state index in [0.29, 0.717) is 18.8 Å². The van der Waals surface area contributed by atoms with Crippen LogP contribution < -0.4 is 5.32 Å². The highest BCUT2D eigenvalue weighted by molar-refractivity contribution is 7.90. The third kappa shape index (κ3) is 3.58. The molecule has 0 unspecified atom stereocenters. The Morgan fingerprint density at radius 3 is 2.80 bits per heavy atom. The summed E-state index contributed by atoms with van der Waals surface area (Å²) >= 11 is 0. The summed E-state index contributed by atoms with van der Waals surface area (Å²) in [6.07, 6.45) is 4.69. The molecule has 0 saturated carbocycles.